The average molecular weight is 352 g/mol. The molecule has 0 N–H and O–H groups in total. The number of benzene rings is 2. The molecule has 1 heterocycles. The van der Waals surface area contributed by atoms with Crippen molar-refractivity contribution in [1.29, 1.82) is 0 Å². The number of nitrogens with zero attached hydrogens (tertiary/aromatic N) is 2. The summed E-state index contributed by atoms with van der Waals surface area (Å²) in [5.41, 5.74) is 2.23. The third kappa shape index (κ3) is 3.97. The standard InChI is InChI=1S/C19H16N2OS2/c1-2-12-21-16-10-6-7-11-17(16)24-19(21)20-18(22)14-23-13-15-8-4-3-5-9-15/h1,3-11H,12-14H2. The fourth-order valence-electron chi connectivity index (χ4n) is 2.32. The van der Waals surface area contributed by atoms with E-state index < -0.39 is 0 Å². The Kier molecular flexibility index (Phi) is 5.52. The molecule has 3 nitrogen and oxygen atoms in total. The lowest BCUT2D eigenvalue weighted by molar-refractivity contribution is -0.115. The van der Waals surface area contributed by atoms with E-state index in [0.29, 0.717) is 17.1 Å². The van der Waals surface area contributed by atoms with Gasteiger partial charge < -0.3 is 4.57 Å². The molecule has 2 aromatic carbocycles. The number of aromatic nitrogens is 1. The van der Waals surface area contributed by atoms with E-state index in [-0.39, 0.29) is 5.91 Å². The molecule has 3 aromatic rings. The number of carbonyl (C=O) groups is 1. The molecule has 5 heteroatoms. The summed E-state index contributed by atoms with van der Waals surface area (Å²) in [6.45, 7) is 0.410. The Bertz CT molecular complexity index is 949. The fourth-order valence-corrected chi connectivity index (χ4v) is 4.14. The molecule has 0 aliphatic heterocycles. The molecule has 0 fully saturated rings. The lowest BCUT2D eigenvalue weighted by atomic mass is 10.2. The topological polar surface area (TPSA) is 34.4 Å². The van der Waals surface area contributed by atoms with E-state index in [2.05, 4.69) is 23.0 Å². The molecule has 3 rings (SSSR count). The van der Waals surface area contributed by atoms with Crippen LogP contribution in [0.4, 0.5) is 0 Å². The van der Waals surface area contributed by atoms with Gasteiger partial charge in [0.1, 0.15) is 0 Å². The van der Waals surface area contributed by atoms with Crippen LogP contribution >= 0.6 is 23.1 Å². The predicted molar refractivity (Wildman–Crippen MR) is 102 cm³/mol. The molecular formula is C19H16N2OS2. The number of para-hydroxylation sites is 1. The van der Waals surface area contributed by atoms with Gasteiger partial charge in [-0.3, -0.25) is 4.79 Å². The Morgan fingerprint density at radius 1 is 1.17 bits per heavy atom. The highest BCUT2D eigenvalue weighted by atomic mass is 32.2. The number of fused-ring (bicyclic) bond motifs is 1. The van der Waals surface area contributed by atoms with Gasteiger partial charge in [0, 0.05) is 5.75 Å². The van der Waals surface area contributed by atoms with E-state index in [1.165, 1.54) is 16.9 Å². The van der Waals surface area contributed by atoms with Gasteiger partial charge in [-0.1, -0.05) is 59.7 Å². The summed E-state index contributed by atoms with van der Waals surface area (Å²) >= 11 is 3.06. The van der Waals surface area contributed by atoms with Crippen LogP contribution in [0, 0.1) is 12.3 Å². The maximum Gasteiger partial charge on any atom is 0.258 e. The minimum absolute atomic E-state index is 0.131. The van der Waals surface area contributed by atoms with Crippen molar-refractivity contribution in [3.05, 3.63) is 65.0 Å². The number of rotatable bonds is 5. The van der Waals surface area contributed by atoms with Gasteiger partial charge >= 0.3 is 0 Å². The van der Waals surface area contributed by atoms with E-state index >= 15 is 0 Å². The number of thiazole rings is 1. The number of thioether (sulfide) groups is 1. The Hall–Kier alpha value is -2.29. The molecule has 0 bridgehead atoms. The van der Waals surface area contributed by atoms with Gasteiger partial charge in [0.2, 0.25) is 0 Å². The Labute approximate surface area is 149 Å². The van der Waals surface area contributed by atoms with Crippen LogP contribution in [0.25, 0.3) is 10.2 Å². The lowest BCUT2D eigenvalue weighted by Gasteiger charge is -2.00. The van der Waals surface area contributed by atoms with Crippen LogP contribution in [0.5, 0.6) is 0 Å². The zero-order chi connectivity index (χ0) is 16.8. The molecule has 1 aromatic heterocycles. The van der Waals surface area contributed by atoms with Gasteiger partial charge in [0.25, 0.3) is 5.91 Å². The van der Waals surface area contributed by atoms with E-state index in [0.717, 1.165) is 16.0 Å². The SMILES string of the molecule is C#CCn1c(=NC(=O)CSCc2ccccc2)sc2ccccc21. The lowest BCUT2D eigenvalue weighted by Crippen LogP contribution is -2.17. The number of amides is 1. The number of hydrogen-bond donors (Lipinski definition) is 0. The van der Waals surface area contributed by atoms with Gasteiger partial charge in [-0.05, 0) is 17.7 Å². The molecule has 0 radical (unpaired) electrons. The molecule has 120 valence electrons. The first-order valence-electron chi connectivity index (χ1n) is 7.49. The zero-order valence-corrected chi connectivity index (χ0v) is 14.6. The van der Waals surface area contributed by atoms with Gasteiger partial charge in [-0.2, -0.15) is 4.99 Å². The van der Waals surface area contributed by atoms with Crippen LogP contribution in [-0.2, 0) is 17.1 Å². The number of carbonyl (C=O) groups excluding carboxylic acids is 1. The van der Waals surface area contributed by atoms with Gasteiger partial charge in [-0.15, -0.1) is 18.2 Å². The molecule has 1 amide bonds. The van der Waals surface area contributed by atoms with Crippen LogP contribution in [0.15, 0.2) is 59.6 Å². The summed E-state index contributed by atoms with van der Waals surface area (Å²) in [6, 6.07) is 18.1. The first kappa shape index (κ1) is 16.6. The van der Waals surface area contributed by atoms with E-state index in [1.54, 1.807) is 11.8 Å². The quantitative estimate of drug-likeness (QED) is 0.656. The molecule has 0 aliphatic carbocycles. The maximum atomic E-state index is 12.2. The second-order valence-corrected chi connectivity index (χ2v) is 7.12. The van der Waals surface area contributed by atoms with Crippen LogP contribution in [0.2, 0.25) is 0 Å². The van der Waals surface area contributed by atoms with Crippen LogP contribution in [0.3, 0.4) is 0 Å². The second-order valence-electron chi connectivity index (χ2n) is 5.13. The van der Waals surface area contributed by atoms with Crippen molar-refractivity contribution in [3.63, 3.8) is 0 Å². The van der Waals surface area contributed by atoms with Crippen molar-refractivity contribution in [2.24, 2.45) is 4.99 Å². The first-order valence-corrected chi connectivity index (χ1v) is 9.46. The molecule has 0 saturated heterocycles. The molecular weight excluding hydrogens is 336 g/mol. The van der Waals surface area contributed by atoms with Gasteiger partial charge in [0.15, 0.2) is 4.80 Å². The summed E-state index contributed by atoms with van der Waals surface area (Å²) in [5.74, 6) is 3.67. The van der Waals surface area contributed by atoms with Crippen LogP contribution in [0.1, 0.15) is 5.56 Å². The Balaban J connectivity index is 1.75. The Morgan fingerprint density at radius 3 is 2.71 bits per heavy atom. The van der Waals surface area contributed by atoms with Crippen molar-refractivity contribution in [1.82, 2.24) is 4.57 Å². The number of hydrogen-bond acceptors (Lipinski definition) is 3. The largest absolute Gasteiger partial charge is 0.305 e. The van der Waals surface area contributed by atoms with Gasteiger partial charge in [0.05, 0.1) is 22.5 Å². The molecule has 0 saturated carbocycles. The van der Waals surface area contributed by atoms with Crippen molar-refractivity contribution >= 4 is 39.2 Å². The predicted octanol–water partition coefficient (Wildman–Crippen LogP) is 3.70. The summed E-state index contributed by atoms with van der Waals surface area (Å²) < 4.78 is 3.00. The summed E-state index contributed by atoms with van der Waals surface area (Å²) in [4.78, 5) is 17.1. The zero-order valence-electron chi connectivity index (χ0n) is 13.0. The fraction of sp³-hybridized carbons (Fsp3) is 0.158. The second kappa shape index (κ2) is 8.00. The summed E-state index contributed by atoms with van der Waals surface area (Å²) in [7, 11) is 0. The average Bonchev–Trinajstić information content (AvgIpc) is 2.94. The van der Waals surface area contributed by atoms with Crippen molar-refractivity contribution in [2.75, 3.05) is 5.75 Å². The first-order chi connectivity index (χ1) is 11.8. The smallest absolute Gasteiger partial charge is 0.258 e. The summed E-state index contributed by atoms with van der Waals surface area (Å²) in [5, 5.41) is 0. The van der Waals surface area contributed by atoms with E-state index in [4.69, 9.17) is 6.42 Å². The Morgan fingerprint density at radius 2 is 1.92 bits per heavy atom. The van der Waals surface area contributed by atoms with Crippen molar-refractivity contribution < 1.29 is 4.79 Å². The molecule has 0 aliphatic rings. The van der Waals surface area contributed by atoms with Gasteiger partial charge in [-0.25, -0.2) is 0 Å². The third-order valence-corrected chi connectivity index (χ3v) is 5.44. The normalized spacial score (nSPS) is 11.5. The van der Waals surface area contributed by atoms with Crippen LogP contribution in [-0.4, -0.2) is 16.2 Å². The highest BCUT2D eigenvalue weighted by Crippen LogP contribution is 2.17. The van der Waals surface area contributed by atoms with E-state index in [1.807, 2.05) is 47.0 Å². The van der Waals surface area contributed by atoms with Crippen molar-refractivity contribution in [3.8, 4) is 12.3 Å². The van der Waals surface area contributed by atoms with E-state index in [9.17, 15) is 4.79 Å². The molecule has 0 spiro atoms. The highest BCUT2D eigenvalue weighted by molar-refractivity contribution is 7.99. The minimum Gasteiger partial charge on any atom is -0.305 e. The maximum absolute atomic E-state index is 12.2. The number of terminal acetylenes is 1. The third-order valence-electron chi connectivity index (χ3n) is 3.40. The van der Waals surface area contributed by atoms with Crippen LogP contribution < -0.4 is 4.80 Å². The highest BCUT2D eigenvalue weighted by Gasteiger charge is 2.07. The monoisotopic (exact) mass is 352 g/mol. The molecule has 0 unspecified atom stereocenters. The van der Waals surface area contributed by atoms with Crippen molar-refractivity contribution in [2.45, 2.75) is 12.3 Å². The minimum atomic E-state index is -0.131. The summed E-state index contributed by atoms with van der Waals surface area (Å²) in [6.07, 6.45) is 5.46. The molecule has 24 heavy (non-hydrogen) atoms. The molecule has 0 atom stereocenters.